The fourth-order valence-corrected chi connectivity index (χ4v) is 4.40. The lowest BCUT2D eigenvalue weighted by molar-refractivity contribution is -0.139. The molecule has 3 aromatic rings. The van der Waals surface area contributed by atoms with Crippen LogP contribution in [0.25, 0.3) is 11.4 Å². The van der Waals surface area contributed by atoms with E-state index in [2.05, 4.69) is 5.10 Å². The molecule has 0 unspecified atom stereocenters. The summed E-state index contributed by atoms with van der Waals surface area (Å²) in [4.78, 5) is 29.8. The minimum atomic E-state index is -0.709. The Balaban J connectivity index is 1.80. The first-order chi connectivity index (χ1) is 16.3. The molecule has 176 valence electrons. The van der Waals surface area contributed by atoms with E-state index in [1.165, 1.54) is 11.1 Å². The Bertz CT molecular complexity index is 1230. The molecular weight excluding hydrogens is 452 g/mol. The molecule has 4 rings (SSSR count). The molecule has 0 spiro atoms. The van der Waals surface area contributed by atoms with E-state index in [1.807, 2.05) is 56.3 Å². The van der Waals surface area contributed by atoms with Crippen LogP contribution in [-0.2, 0) is 9.59 Å². The minimum Gasteiger partial charge on any atom is -0.507 e. The Morgan fingerprint density at radius 1 is 1.09 bits per heavy atom. The monoisotopic (exact) mass is 478 g/mol. The molecule has 8 heteroatoms. The largest absolute Gasteiger partial charge is 0.507 e. The van der Waals surface area contributed by atoms with Crippen molar-refractivity contribution in [3.05, 3.63) is 88.2 Å². The number of rotatable bonds is 7. The van der Waals surface area contributed by atoms with Crippen LogP contribution in [0.3, 0.4) is 0 Å². The van der Waals surface area contributed by atoms with Gasteiger partial charge in [-0.15, -0.1) is 0 Å². The highest BCUT2D eigenvalue weighted by molar-refractivity contribution is 6.46. The van der Waals surface area contributed by atoms with Gasteiger partial charge in [-0.05, 0) is 63.8 Å². The second kappa shape index (κ2) is 9.83. The number of Topliss-reactive ketones (excluding diaryl/α,β-unsaturated/α-hetero) is 1. The standard InChI is InChI=1S/C26H27ClN4O3/c1-17-21(16-28-31(17)20-8-5-4-6-9-20)24(32)22-23(18-10-12-19(27)13-11-18)30(26(34)25(22)33)15-7-14-29(2)3/h4-6,8-13,16,23,32H,7,14-15H2,1-3H3/t23-/m1/s1. The number of aliphatic hydroxyl groups excluding tert-OH is 1. The van der Waals surface area contributed by atoms with Gasteiger partial charge >= 0.3 is 0 Å². The van der Waals surface area contributed by atoms with Gasteiger partial charge in [0.1, 0.15) is 5.76 Å². The smallest absolute Gasteiger partial charge is 0.295 e. The maximum atomic E-state index is 13.2. The van der Waals surface area contributed by atoms with E-state index < -0.39 is 17.7 Å². The number of aliphatic hydroxyl groups is 1. The summed E-state index contributed by atoms with van der Waals surface area (Å²) in [6.07, 6.45) is 2.21. The van der Waals surface area contributed by atoms with E-state index in [-0.39, 0.29) is 11.3 Å². The molecule has 2 heterocycles. The van der Waals surface area contributed by atoms with Crippen molar-refractivity contribution in [1.82, 2.24) is 19.6 Å². The Hall–Kier alpha value is -3.42. The van der Waals surface area contributed by atoms with E-state index in [0.29, 0.717) is 34.8 Å². The third-order valence-electron chi connectivity index (χ3n) is 6.00. The second-order valence-corrected chi connectivity index (χ2v) is 9.03. The van der Waals surface area contributed by atoms with Crippen LogP contribution >= 0.6 is 11.6 Å². The molecule has 0 aliphatic carbocycles. The predicted molar refractivity (Wildman–Crippen MR) is 132 cm³/mol. The fraction of sp³-hybridized carbons (Fsp3) is 0.269. The minimum absolute atomic E-state index is 0.0629. The fourth-order valence-electron chi connectivity index (χ4n) is 4.28. The van der Waals surface area contributed by atoms with Crippen molar-refractivity contribution in [2.45, 2.75) is 19.4 Å². The number of carbonyl (C=O) groups excluding carboxylic acids is 2. The average Bonchev–Trinajstić information content (AvgIpc) is 3.32. The number of aromatic nitrogens is 2. The van der Waals surface area contributed by atoms with Crippen molar-refractivity contribution in [1.29, 1.82) is 0 Å². The molecule has 1 saturated heterocycles. The van der Waals surface area contributed by atoms with Crippen LogP contribution in [-0.4, -0.2) is 63.6 Å². The molecule has 1 aliphatic rings. The first-order valence-electron chi connectivity index (χ1n) is 11.1. The predicted octanol–water partition coefficient (Wildman–Crippen LogP) is 4.21. The van der Waals surface area contributed by atoms with Crippen LogP contribution in [0, 0.1) is 6.92 Å². The highest BCUT2D eigenvalue weighted by Gasteiger charge is 2.46. The molecule has 34 heavy (non-hydrogen) atoms. The van der Waals surface area contributed by atoms with Crippen LogP contribution in [0.15, 0.2) is 66.4 Å². The highest BCUT2D eigenvalue weighted by Crippen LogP contribution is 2.40. The van der Waals surface area contributed by atoms with Crippen LogP contribution < -0.4 is 0 Å². The number of hydrogen-bond acceptors (Lipinski definition) is 5. The van der Waals surface area contributed by atoms with E-state index in [4.69, 9.17) is 11.6 Å². The van der Waals surface area contributed by atoms with Crippen LogP contribution in [0.4, 0.5) is 0 Å². The summed E-state index contributed by atoms with van der Waals surface area (Å²) in [7, 11) is 3.91. The summed E-state index contributed by atoms with van der Waals surface area (Å²) in [6, 6.07) is 15.8. The van der Waals surface area contributed by atoms with Gasteiger partial charge in [0.2, 0.25) is 0 Å². The Labute approximate surface area is 203 Å². The van der Waals surface area contributed by atoms with Crippen LogP contribution in [0.1, 0.15) is 29.3 Å². The molecule has 1 fully saturated rings. The number of carbonyl (C=O) groups is 2. The van der Waals surface area contributed by atoms with Gasteiger partial charge in [0.25, 0.3) is 11.7 Å². The first kappa shape index (κ1) is 23.7. The molecule has 0 saturated carbocycles. The lowest BCUT2D eigenvalue weighted by Crippen LogP contribution is -2.32. The van der Waals surface area contributed by atoms with Gasteiger partial charge in [-0.2, -0.15) is 5.10 Å². The molecule has 1 atom stereocenters. The number of amides is 1. The lowest BCUT2D eigenvalue weighted by Gasteiger charge is -2.26. The number of likely N-dealkylation sites (tertiary alicyclic amines) is 1. The molecular formula is C26H27ClN4O3. The zero-order valence-corrected chi connectivity index (χ0v) is 20.2. The summed E-state index contributed by atoms with van der Waals surface area (Å²) in [5.74, 6) is -1.55. The molecule has 1 N–H and O–H groups in total. The Kier molecular flexibility index (Phi) is 6.86. The molecule has 1 aromatic heterocycles. The van der Waals surface area contributed by atoms with Gasteiger partial charge in [0, 0.05) is 11.6 Å². The number of benzene rings is 2. The first-order valence-corrected chi connectivity index (χ1v) is 11.5. The molecule has 2 aromatic carbocycles. The van der Waals surface area contributed by atoms with Crippen molar-refractivity contribution in [2.24, 2.45) is 0 Å². The quantitative estimate of drug-likeness (QED) is 0.312. The number of halogens is 1. The molecule has 7 nitrogen and oxygen atoms in total. The number of ketones is 1. The summed E-state index contributed by atoms with van der Waals surface area (Å²) in [5, 5.41) is 16.3. The Morgan fingerprint density at radius 3 is 2.41 bits per heavy atom. The molecule has 1 aliphatic heterocycles. The van der Waals surface area contributed by atoms with Gasteiger partial charge in [0.15, 0.2) is 0 Å². The van der Waals surface area contributed by atoms with E-state index >= 15 is 0 Å². The third-order valence-corrected chi connectivity index (χ3v) is 6.25. The summed E-state index contributed by atoms with van der Waals surface area (Å²) in [6.45, 7) is 2.97. The zero-order valence-electron chi connectivity index (χ0n) is 19.4. The average molecular weight is 479 g/mol. The van der Waals surface area contributed by atoms with E-state index in [0.717, 1.165) is 12.2 Å². The third kappa shape index (κ3) is 4.49. The zero-order chi connectivity index (χ0) is 24.4. The van der Waals surface area contributed by atoms with Crippen molar-refractivity contribution in [2.75, 3.05) is 27.2 Å². The van der Waals surface area contributed by atoms with Gasteiger partial charge in [0.05, 0.1) is 34.8 Å². The van der Waals surface area contributed by atoms with Gasteiger partial charge in [-0.1, -0.05) is 41.9 Å². The van der Waals surface area contributed by atoms with Crippen LogP contribution in [0.2, 0.25) is 5.02 Å². The maximum Gasteiger partial charge on any atom is 0.295 e. The normalized spacial score (nSPS) is 17.7. The van der Waals surface area contributed by atoms with Gasteiger partial charge < -0.3 is 14.9 Å². The SMILES string of the molecule is Cc1c(C(O)=C2C(=O)C(=O)N(CCCN(C)C)[C@@H]2c2ccc(Cl)cc2)cnn1-c1ccccc1. The molecule has 0 radical (unpaired) electrons. The van der Waals surface area contributed by atoms with Crippen molar-refractivity contribution in [3.63, 3.8) is 0 Å². The maximum absolute atomic E-state index is 13.2. The summed E-state index contributed by atoms with van der Waals surface area (Å²) in [5.41, 5.74) is 2.68. The van der Waals surface area contributed by atoms with Gasteiger partial charge in [-0.3, -0.25) is 9.59 Å². The van der Waals surface area contributed by atoms with Crippen LogP contribution in [0.5, 0.6) is 0 Å². The number of hydrogen-bond donors (Lipinski definition) is 1. The number of para-hydroxylation sites is 1. The van der Waals surface area contributed by atoms with Crippen molar-refractivity contribution in [3.8, 4) is 5.69 Å². The summed E-state index contributed by atoms with van der Waals surface area (Å²) < 4.78 is 1.69. The number of nitrogens with zero attached hydrogens (tertiary/aromatic N) is 4. The van der Waals surface area contributed by atoms with Crippen molar-refractivity contribution >= 4 is 29.1 Å². The van der Waals surface area contributed by atoms with Gasteiger partial charge in [-0.25, -0.2) is 4.68 Å². The lowest BCUT2D eigenvalue weighted by atomic mass is 9.95. The summed E-state index contributed by atoms with van der Waals surface area (Å²) >= 11 is 6.08. The second-order valence-electron chi connectivity index (χ2n) is 8.59. The molecule has 1 amide bonds. The van der Waals surface area contributed by atoms with E-state index in [9.17, 15) is 14.7 Å². The van der Waals surface area contributed by atoms with E-state index in [1.54, 1.807) is 28.9 Å². The Morgan fingerprint density at radius 2 is 1.76 bits per heavy atom. The highest BCUT2D eigenvalue weighted by atomic mass is 35.5. The molecule has 0 bridgehead atoms. The topological polar surface area (TPSA) is 78.7 Å². The van der Waals surface area contributed by atoms with Crippen molar-refractivity contribution < 1.29 is 14.7 Å².